The van der Waals surface area contributed by atoms with Gasteiger partial charge >= 0.3 is 0 Å². The normalized spacial score (nSPS) is 10.4. The highest BCUT2D eigenvalue weighted by atomic mass is 32.1. The Kier molecular flexibility index (Phi) is 3.77. The highest BCUT2D eigenvalue weighted by molar-refractivity contribution is 7.11. The minimum absolute atomic E-state index is 0.0226. The van der Waals surface area contributed by atoms with Crippen molar-refractivity contribution in [2.45, 2.75) is 20.8 Å². The van der Waals surface area contributed by atoms with Crippen LogP contribution >= 0.6 is 11.3 Å². The van der Waals surface area contributed by atoms with E-state index in [-0.39, 0.29) is 5.91 Å². The number of anilines is 1. The second kappa shape index (κ2) is 5.31. The lowest BCUT2D eigenvalue weighted by atomic mass is 10.2. The Morgan fingerprint density at radius 1 is 1.28 bits per heavy atom. The molecule has 0 aliphatic carbocycles. The Bertz CT molecular complexity index is 548. The Morgan fingerprint density at radius 3 is 2.44 bits per heavy atom. The number of rotatable bonds is 3. The van der Waals surface area contributed by atoms with Crippen LogP contribution in [0, 0.1) is 13.8 Å². The van der Waals surface area contributed by atoms with Crippen molar-refractivity contribution < 1.29 is 4.79 Å². The summed E-state index contributed by atoms with van der Waals surface area (Å²) in [5, 5.41) is 0.931. The van der Waals surface area contributed by atoms with Crippen LogP contribution in [0.5, 0.6) is 0 Å². The number of carbonyl (C=O) groups is 1. The fourth-order valence-electron chi connectivity index (χ4n) is 1.91. The van der Waals surface area contributed by atoms with E-state index in [1.807, 2.05) is 51.1 Å². The molecule has 0 radical (unpaired) electrons. The average Bonchev–Trinajstić information content (AvgIpc) is 2.70. The number of aromatic nitrogens is 1. The highest BCUT2D eigenvalue weighted by Gasteiger charge is 2.20. The fourth-order valence-corrected chi connectivity index (χ4v) is 2.72. The predicted molar refractivity (Wildman–Crippen MR) is 75.4 cm³/mol. The van der Waals surface area contributed by atoms with Gasteiger partial charge in [-0.1, -0.05) is 18.2 Å². The van der Waals surface area contributed by atoms with Gasteiger partial charge in [-0.15, -0.1) is 11.3 Å². The van der Waals surface area contributed by atoms with Crippen molar-refractivity contribution >= 4 is 22.9 Å². The second-order valence-corrected chi connectivity index (χ2v) is 5.43. The van der Waals surface area contributed by atoms with Gasteiger partial charge in [0, 0.05) is 17.1 Å². The molecule has 0 fully saturated rings. The fraction of sp³-hybridized carbons (Fsp3) is 0.286. The first-order valence-corrected chi connectivity index (χ1v) is 6.76. The molecule has 18 heavy (non-hydrogen) atoms. The minimum Gasteiger partial charge on any atom is -0.307 e. The molecule has 0 saturated carbocycles. The summed E-state index contributed by atoms with van der Waals surface area (Å²) in [6.45, 7) is 6.47. The molecule has 0 unspecified atom stereocenters. The maximum Gasteiger partial charge on any atom is 0.278 e. The van der Waals surface area contributed by atoms with E-state index >= 15 is 0 Å². The summed E-state index contributed by atoms with van der Waals surface area (Å²) in [7, 11) is 0. The third-order valence-corrected chi connectivity index (χ3v) is 3.62. The standard InChI is InChI=1S/C14H16N2OS/c1-4-16(12-8-6-5-7-9-12)14(17)13-10(2)18-11(3)15-13/h5-9H,4H2,1-3H3. The van der Waals surface area contributed by atoms with Crippen LogP contribution in [0.4, 0.5) is 5.69 Å². The zero-order valence-electron chi connectivity index (χ0n) is 10.8. The van der Waals surface area contributed by atoms with Gasteiger partial charge < -0.3 is 4.90 Å². The lowest BCUT2D eigenvalue weighted by Crippen LogP contribution is -2.31. The van der Waals surface area contributed by atoms with E-state index in [1.165, 1.54) is 0 Å². The molecule has 1 aromatic carbocycles. The Balaban J connectivity index is 2.34. The first kappa shape index (κ1) is 12.8. The molecule has 0 aliphatic heterocycles. The smallest absolute Gasteiger partial charge is 0.278 e. The van der Waals surface area contributed by atoms with Crippen LogP contribution in [0.3, 0.4) is 0 Å². The van der Waals surface area contributed by atoms with E-state index in [9.17, 15) is 4.79 Å². The number of nitrogens with zero attached hydrogens (tertiary/aromatic N) is 2. The SMILES string of the molecule is CCN(C(=O)c1nc(C)sc1C)c1ccccc1. The van der Waals surface area contributed by atoms with E-state index in [1.54, 1.807) is 16.2 Å². The van der Waals surface area contributed by atoms with Crippen LogP contribution in [0.15, 0.2) is 30.3 Å². The van der Waals surface area contributed by atoms with Crippen LogP contribution in [0.1, 0.15) is 27.3 Å². The molecule has 0 spiro atoms. The van der Waals surface area contributed by atoms with Gasteiger partial charge in [-0.2, -0.15) is 0 Å². The largest absolute Gasteiger partial charge is 0.307 e. The van der Waals surface area contributed by atoms with Crippen LogP contribution < -0.4 is 4.90 Å². The van der Waals surface area contributed by atoms with E-state index in [0.717, 1.165) is 15.6 Å². The number of hydrogen-bond donors (Lipinski definition) is 0. The Labute approximate surface area is 111 Å². The summed E-state index contributed by atoms with van der Waals surface area (Å²) in [6, 6.07) is 9.70. The van der Waals surface area contributed by atoms with Gasteiger partial charge in [0.1, 0.15) is 5.69 Å². The summed E-state index contributed by atoms with van der Waals surface area (Å²) >= 11 is 1.56. The zero-order chi connectivity index (χ0) is 13.1. The van der Waals surface area contributed by atoms with Crippen LogP contribution in [0.25, 0.3) is 0 Å². The van der Waals surface area contributed by atoms with Gasteiger partial charge in [-0.25, -0.2) is 4.98 Å². The summed E-state index contributed by atoms with van der Waals surface area (Å²) < 4.78 is 0. The van der Waals surface area contributed by atoms with Crippen LogP contribution in [0.2, 0.25) is 0 Å². The lowest BCUT2D eigenvalue weighted by Gasteiger charge is -2.20. The molecule has 0 saturated heterocycles. The van der Waals surface area contributed by atoms with Gasteiger partial charge in [-0.3, -0.25) is 4.79 Å². The maximum atomic E-state index is 12.5. The topological polar surface area (TPSA) is 33.2 Å². The number of thiazole rings is 1. The third kappa shape index (κ3) is 2.43. The predicted octanol–water partition coefficient (Wildman–Crippen LogP) is 3.43. The summed E-state index contributed by atoms with van der Waals surface area (Å²) in [5.41, 5.74) is 1.48. The lowest BCUT2D eigenvalue weighted by molar-refractivity contribution is 0.0983. The number of benzene rings is 1. The monoisotopic (exact) mass is 260 g/mol. The van der Waals surface area contributed by atoms with E-state index in [0.29, 0.717) is 12.2 Å². The average molecular weight is 260 g/mol. The first-order valence-electron chi connectivity index (χ1n) is 5.94. The van der Waals surface area contributed by atoms with Gasteiger partial charge in [-0.05, 0) is 32.9 Å². The van der Waals surface area contributed by atoms with Gasteiger partial charge in [0.2, 0.25) is 0 Å². The molecular weight excluding hydrogens is 244 g/mol. The molecule has 1 heterocycles. The molecule has 2 aromatic rings. The zero-order valence-corrected chi connectivity index (χ0v) is 11.6. The molecule has 0 aliphatic rings. The molecule has 0 N–H and O–H groups in total. The molecule has 3 nitrogen and oxygen atoms in total. The summed E-state index contributed by atoms with van der Waals surface area (Å²) in [6.07, 6.45) is 0. The van der Waals surface area contributed by atoms with Crippen molar-refractivity contribution in [1.82, 2.24) is 4.98 Å². The van der Waals surface area contributed by atoms with Crippen molar-refractivity contribution in [3.8, 4) is 0 Å². The van der Waals surface area contributed by atoms with E-state index in [2.05, 4.69) is 4.98 Å². The van der Waals surface area contributed by atoms with E-state index < -0.39 is 0 Å². The van der Waals surface area contributed by atoms with Crippen molar-refractivity contribution in [1.29, 1.82) is 0 Å². The maximum absolute atomic E-state index is 12.5. The quantitative estimate of drug-likeness (QED) is 0.847. The van der Waals surface area contributed by atoms with Crippen LogP contribution in [-0.2, 0) is 0 Å². The van der Waals surface area contributed by atoms with Gasteiger partial charge in [0.15, 0.2) is 0 Å². The molecule has 94 valence electrons. The molecule has 0 bridgehead atoms. The summed E-state index contributed by atoms with van der Waals surface area (Å²) in [4.78, 5) is 19.5. The number of carbonyl (C=O) groups excluding carboxylic acids is 1. The Hall–Kier alpha value is -1.68. The second-order valence-electron chi connectivity index (χ2n) is 4.02. The number of amides is 1. The number of hydrogen-bond acceptors (Lipinski definition) is 3. The third-order valence-electron chi connectivity index (χ3n) is 2.74. The van der Waals surface area contributed by atoms with Crippen LogP contribution in [-0.4, -0.2) is 17.4 Å². The van der Waals surface area contributed by atoms with Crippen molar-refractivity contribution in [2.24, 2.45) is 0 Å². The van der Waals surface area contributed by atoms with Gasteiger partial charge in [0.05, 0.1) is 5.01 Å². The summed E-state index contributed by atoms with van der Waals surface area (Å²) in [5.74, 6) is -0.0226. The molecule has 0 atom stereocenters. The number of para-hydroxylation sites is 1. The minimum atomic E-state index is -0.0226. The Morgan fingerprint density at radius 2 is 1.94 bits per heavy atom. The number of aryl methyl sites for hydroxylation is 2. The van der Waals surface area contributed by atoms with Crippen molar-refractivity contribution in [3.63, 3.8) is 0 Å². The van der Waals surface area contributed by atoms with Crippen molar-refractivity contribution in [3.05, 3.63) is 45.9 Å². The molecule has 2 rings (SSSR count). The molecule has 1 amide bonds. The molecular formula is C14H16N2OS. The molecule has 4 heteroatoms. The highest BCUT2D eigenvalue weighted by Crippen LogP contribution is 2.21. The van der Waals surface area contributed by atoms with E-state index in [4.69, 9.17) is 0 Å². The van der Waals surface area contributed by atoms with Crippen molar-refractivity contribution in [2.75, 3.05) is 11.4 Å². The van der Waals surface area contributed by atoms with Gasteiger partial charge in [0.25, 0.3) is 5.91 Å². The molecule has 1 aromatic heterocycles. The first-order chi connectivity index (χ1) is 8.63.